The first-order chi connectivity index (χ1) is 11.6. The van der Waals surface area contributed by atoms with Crippen LogP contribution in [0.3, 0.4) is 0 Å². The van der Waals surface area contributed by atoms with Gasteiger partial charge in [0.05, 0.1) is 29.3 Å². The highest BCUT2D eigenvalue weighted by Gasteiger charge is 2.13. The average molecular weight is 390 g/mol. The highest BCUT2D eigenvalue weighted by atomic mass is 79.9. The molecule has 0 saturated heterocycles. The molecule has 2 aromatic rings. The zero-order chi connectivity index (χ0) is 17.5. The molecule has 0 aliphatic rings. The lowest BCUT2D eigenvalue weighted by Crippen LogP contribution is -1.99. The summed E-state index contributed by atoms with van der Waals surface area (Å²) in [5.41, 5.74) is 1.23. The second-order valence-corrected chi connectivity index (χ2v) is 5.70. The van der Waals surface area contributed by atoms with Gasteiger partial charge in [0.2, 0.25) is 0 Å². The summed E-state index contributed by atoms with van der Waals surface area (Å²) >= 11 is 3.46. The Labute approximate surface area is 149 Å². The van der Waals surface area contributed by atoms with Gasteiger partial charge in [0.15, 0.2) is 11.5 Å². The van der Waals surface area contributed by atoms with Crippen molar-refractivity contribution in [3.63, 3.8) is 0 Å². The maximum atomic E-state index is 13.9. The summed E-state index contributed by atoms with van der Waals surface area (Å²) in [7, 11) is 0. The van der Waals surface area contributed by atoms with Crippen LogP contribution < -0.4 is 9.47 Å². The van der Waals surface area contributed by atoms with Gasteiger partial charge in [-0.1, -0.05) is 18.2 Å². The monoisotopic (exact) mass is 389 g/mol. The first-order valence-electron chi connectivity index (χ1n) is 7.56. The Hall–Kier alpha value is -2.32. The summed E-state index contributed by atoms with van der Waals surface area (Å²) in [6.45, 7) is 4.76. The minimum absolute atomic E-state index is 0.242. The Morgan fingerprint density at radius 2 is 1.92 bits per heavy atom. The number of halogens is 2. The number of hydrogen-bond donors (Lipinski definition) is 0. The van der Waals surface area contributed by atoms with Crippen LogP contribution in [0.25, 0.3) is 11.6 Å². The molecular weight excluding hydrogens is 373 g/mol. The summed E-state index contributed by atoms with van der Waals surface area (Å²) in [5.74, 6) is 0.757. The molecule has 3 nitrogen and oxygen atoms in total. The van der Waals surface area contributed by atoms with Crippen molar-refractivity contribution in [2.75, 3.05) is 13.2 Å². The molecule has 0 aromatic heterocycles. The van der Waals surface area contributed by atoms with Crippen LogP contribution in [0.1, 0.15) is 25.0 Å². The third-order valence-corrected chi connectivity index (χ3v) is 3.80. The largest absolute Gasteiger partial charge is 0.490 e. The molecule has 0 saturated carbocycles. The van der Waals surface area contributed by atoms with E-state index >= 15 is 0 Å². The quantitative estimate of drug-likeness (QED) is 0.487. The molecule has 0 bridgehead atoms. The van der Waals surface area contributed by atoms with Crippen LogP contribution in [0.2, 0.25) is 0 Å². The van der Waals surface area contributed by atoms with Crippen LogP contribution in [0, 0.1) is 17.1 Å². The molecule has 0 heterocycles. The van der Waals surface area contributed by atoms with Gasteiger partial charge >= 0.3 is 0 Å². The number of hydrogen-bond acceptors (Lipinski definition) is 3. The van der Waals surface area contributed by atoms with Gasteiger partial charge in [-0.2, -0.15) is 5.26 Å². The Bertz CT molecular complexity index is 796. The molecule has 5 heteroatoms. The van der Waals surface area contributed by atoms with Gasteiger partial charge in [-0.05, 0) is 59.6 Å². The van der Waals surface area contributed by atoms with Crippen molar-refractivity contribution in [2.24, 2.45) is 0 Å². The normalized spacial score (nSPS) is 11.0. The number of nitriles is 1. The molecule has 0 atom stereocenters. The van der Waals surface area contributed by atoms with Gasteiger partial charge in [0.25, 0.3) is 0 Å². The third kappa shape index (κ3) is 4.15. The number of ether oxygens (including phenoxy) is 2. The van der Waals surface area contributed by atoms with Crippen molar-refractivity contribution in [1.82, 2.24) is 0 Å². The highest BCUT2D eigenvalue weighted by molar-refractivity contribution is 9.10. The number of rotatable bonds is 6. The fraction of sp³-hybridized carbons (Fsp3) is 0.211. The van der Waals surface area contributed by atoms with Crippen molar-refractivity contribution in [2.45, 2.75) is 13.8 Å². The van der Waals surface area contributed by atoms with E-state index in [4.69, 9.17) is 9.47 Å². The second-order valence-electron chi connectivity index (χ2n) is 4.85. The predicted molar refractivity (Wildman–Crippen MR) is 96.4 cm³/mol. The van der Waals surface area contributed by atoms with Crippen molar-refractivity contribution < 1.29 is 13.9 Å². The van der Waals surface area contributed by atoms with Crippen LogP contribution in [-0.4, -0.2) is 13.2 Å². The smallest absolute Gasteiger partial charge is 0.175 e. The first-order valence-corrected chi connectivity index (χ1v) is 8.35. The topological polar surface area (TPSA) is 42.2 Å². The number of nitrogens with zero attached hydrogens (tertiary/aromatic N) is 1. The van der Waals surface area contributed by atoms with Crippen molar-refractivity contribution in [1.29, 1.82) is 5.26 Å². The lowest BCUT2D eigenvalue weighted by atomic mass is 10.0. The Morgan fingerprint density at radius 1 is 1.21 bits per heavy atom. The van der Waals surface area contributed by atoms with E-state index in [9.17, 15) is 9.65 Å². The summed E-state index contributed by atoms with van der Waals surface area (Å²) in [4.78, 5) is 0. The summed E-state index contributed by atoms with van der Waals surface area (Å²) in [6.07, 6.45) is 1.63. The highest BCUT2D eigenvalue weighted by Crippen LogP contribution is 2.38. The van der Waals surface area contributed by atoms with Gasteiger partial charge in [-0.15, -0.1) is 0 Å². The molecular formula is C19H17BrFNO2. The van der Waals surface area contributed by atoms with Crippen LogP contribution in [-0.2, 0) is 0 Å². The van der Waals surface area contributed by atoms with Gasteiger partial charge < -0.3 is 9.47 Å². The van der Waals surface area contributed by atoms with E-state index in [1.54, 1.807) is 30.3 Å². The van der Waals surface area contributed by atoms with E-state index in [1.807, 2.05) is 19.9 Å². The maximum absolute atomic E-state index is 13.9. The number of allylic oxidation sites excluding steroid dienone is 1. The summed E-state index contributed by atoms with van der Waals surface area (Å²) in [6, 6.07) is 11.8. The SMILES string of the molecule is CCOc1cc(C=C(C#N)c2ccccc2F)cc(Br)c1OCC. The van der Waals surface area contributed by atoms with Gasteiger partial charge in [-0.25, -0.2) is 4.39 Å². The van der Waals surface area contributed by atoms with E-state index < -0.39 is 5.82 Å². The molecule has 0 aliphatic heterocycles. The fourth-order valence-corrected chi connectivity index (χ4v) is 2.81. The summed E-state index contributed by atoms with van der Waals surface area (Å²) in [5, 5.41) is 9.39. The second kappa shape index (κ2) is 8.51. The van der Waals surface area contributed by atoms with Crippen LogP contribution in [0.15, 0.2) is 40.9 Å². The molecule has 0 aliphatic carbocycles. The van der Waals surface area contributed by atoms with E-state index in [1.165, 1.54) is 6.07 Å². The van der Waals surface area contributed by atoms with Crippen LogP contribution in [0.4, 0.5) is 4.39 Å². The Balaban J connectivity index is 2.51. The van der Waals surface area contributed by atoms with Gasteiger partial charge in [0, 0.05) is 5.56 Å². The number of benzene rings is 2. The summed E-state index contributed by atoms with van der Waals surface area (Å²) < 4.78 is 25.8. The van der Waals surface area contributed by atoms with Crippen molar-refractivity contribution in [3.8, 4) is 17.6 Å². The minimum atomic E-state index is -0.430. The average Bonchev–Trinajstić information content (AvgIpc) is 2.57. The molecule has 0 unspecified atom stereocenters. The zero-order valence-electron chi connectivity index (χ0n) is 13.5. The zero-order valence-corrected chi connectivity index (χ0v) is 15.1. The van der Waals surface area contributed by atoms with E-state index in [0.29, 0.717) is 34.7 Å². The Morgan fingerprint density at radius 3 is 2.54 bits per heavy atom. The first kappa shape index (κ1) is 18.0. The van der Waals surface area contributed by atoms with E-state index in [0.717, 1.165) is 0 Å². The molecule has 0 amide bonds. The predicted octanol–water partition coefficient (Wildman–Crippen LogP) is 5.45. The fourth-order valence-electron chi connectivity index (χ4n) is 2.24. The molecule has 0 fully saturated rings. The molecule has 0 radical (unpaired) electrons. The van der Waals surface area contributed by atoms with Gasteiger partial charge in [0.1, 0.15) is 5.82 Å². The molecule has 124 valence electrons. The van der Waals surface area contributed by atoms with Gasteiger partial charge in [-0.3, -0.25) is 0 Å². The molecule has 0 N–H and O–H groups in total. The standard InChI is InChI=1S/C19H17BrFNO2/c1-3-23-18-11-13(10-16(20)19(18)24-4-2)9-14(12-22)15-7-5-6-8-17(15)21/h5-11H,3-4H2,1-2H3. The van der Waals surface area contributed by atoms with Crippen LogP contribution >= 0.6 is 15.9 Å². The minimum Gasteiger partial charge on any atom is -0.490 e. The molecule has 2 rings (SSSR count). The molecule has 0 spiro atoms. The lowest BCUT2D eigenvalue weighted by Gasteiger charge is -2.13. The van der Waals surface area contributed by atoms with Crippen LogP contribution in [0.5, 0.6) is 11.5 Å². The lowest BCUT2D eigenvalue weighted by molar-refractivity contribution is 0.286. The van der Waals surface area contributed by atoms with E-state index in [2.05, 4.69) is 22.0 Å². The molecule has 24 heavy (non-hydrogen) atoms. The Kier molecular flexibility index (Phi) is 6.39. The molecule has 2 aromatic carbocycles. The van der Waals surface area contributed by atoms with E-state index in [-0.39, 0.29) is 11.1 Å². The maximum Gasteiger partial charge on any atom is 0.175 e. The third-order valence-electron chi connectivity index (χ3n) is 3.22. The van der Waals surface area contributed by atoms with Crippen molar-refractivity contribution >= 4 is 27.6 Å². The van der Waals surface area contributed by atoms with Crippen molar-refractivity contribution in [3.05, 3.63) is 57.8 Å².